The molecule has 106 valence electrons. The van der Waals surface area contributed by atoms with E-state index in [1.54, 1.807) is 0 Å². The lowest BCUT2D eigenvalue weighted by Gasteiger charge is -2.14. The van der Waals surface area contributed by atoms with Gasteiger partial charge in [0.2, 0.25) is 5.91 Å². The van der Waals surface area contributed by atoms with Crippen molar-refractivity contribution < 1.29 is 24.6 Å². The highest BCUT2D eigenvalue weighted by Crippen LogP contribution is 2.34. The maximum Gasteiger partial charge on any atom is 0.334 e. The Bertz CT molecular complexity index is 418. The van der Waals surface area contributed by atoms with E-state index in [4.69, 9.17) is 10.2 Å². The highest BCUT2D eigenvalue weighted by molar-refractivity contribution is 8.00. The monoisotopic (exact) mass is 287 g/mol. The molecule has 0 fully saturated rings. The number of aliphatic carboxylic acids is 2. The number of carboxylic acid groups (broad SMARTS) is 2. The lowest BCUT2D eigenvalue weighted by Crippen LogP contribution is -2.26. The second kappa shape index (κ2) is 7.18. The summed E-state index contributed by atoms with van der Waals surface area (Å²) >= 11 is 1.47. The van der Waals surface area contributed by atoms with E-state index in [1.165, 1.54) is 18.7 Å². The molecule has 1 aliphatic rings. The van der Waals surface area contributed by atoms with Gasteiger partial charge in [0.25, 0.3) is 0 Å². The molecule has 0 aromatic carbocycles. The van der Waals surface area contributed by atoms with Gasteiger partial charge in [0.05, 0.1) is 5.57 Å². The SMILES string of the molecule is CC(=O)NC1=C(C(=O)O)CSC1CCCCC(=O)O. The van der Waals surface area contributed by atoms with Gasteiger partial charge in [0.15, 0.2) is 0 Å². The van der Waals surface area contributed by atoms with Gasteiger partial charge >= 0.3 is 11.9 Å². The summed E-state index contributed by atoms with van der Waals surface area (Å²) < 4.78 is 0. The fourth-order valence-electron chi connectivity index (χ4n) is 1.90. The minimum atomic E-state index is -1.01. The van der Waals surface area contributed by atoms with E-state index in [0.717, 1.165) is 0 Å². The molecule has 0 aromatic heterocycles. The number of carboxylic acids is 2. The number of nitrogens with one attached hydrogen (secondary N) is 1. The molecule has 0 saturated carbocycles. The largest absolute Gasteiger partial charge is 0.481 e. The summed E-state index contributed by atoms with van der Waals surface area (Å²) in [6, 6.07) is 0. The fourth-order valence-corrected chi connectivity index (χ4v) is 3.24. The summed E-state index contributed by atoms with van der Waals surface area (Å²) in [6.07, 6.45) is 2.04. The van der Waals surface area contributed by atoms with Gasteiger partial charge in [-0.3, -0.25) is 9.59 Å². The molecular weight excluding hydrogens is 270 g/mol. The van der Waals surface area contributed by atoms with Crippen molar-refractivity contribution in [3.63, 3.8) is 0 Å². The molecule has 1 unspecified atom stereocenters. The Labute approximate surface area is 115 Å². The number of amides is 1. The Hall–Kier alpha value is -1.50. The predicted octanol–water partition coefficient (Wildman–Crippen LogP) is 1.22. The number of unbranched alkanes of at least 4 members (excludes halogenated alkanes) is 1. The summed E-state index contributed by atoms with van der Waals surface area (Å²) in [4.78, 5) is 32.6. The van der Waals surface area contributed by atoms with E-state index in [-0.39, 0.29) is 23.2 Å². The Morgan fingerprint density at radius 2 is 2.00 bits per heavy atom. The first-order valence-corrected chi connectivity index (χ1v) is 7.04. The Morgan fingerprint density at radius 3 is 2.53 bits per heavy atom. The molecule has 1 heterocycles. The first-order chi connectivity index (χ1) is 8.91. The third-order valence-corrected chi connectivity index (χ3v) is 4.08. The van der Waals surface area contributed by atoms with Crippen LogP contribution < -0.4 is 5.32 Å². The first kappa shape index (κ1) is 15.6. The fraction of sp³-hybridized carbons (Fsp3) is 0.583. The maximum atomic E-state index is 11.1. The quantitative estimate of drug-likeness (QED) is 0.608. The van der Waals surface area contributed by atoms with Crippen LogP contribution in [0.4, 0.5) is 0 Å². The van der Waals surface area contributed by atoms with Gasteiger partial charge in [-0.05, 0) is 12.8 Å². The topological polar surface area (TPSA) is 104 Å². The lowest BCUT2D eigenvalue weighted by atomic mass is 10.1. The van der Waals surface area contributed by atoms with Crippen LogP contribution in [-0.4, -0.2) is 39.1 Å². The van der Waals surface area contributed by atoms with Crippen LogP contribution in [0.25, 0.3) is 0 Å². The number of thioether (sulfide) groups is 1. The van der Waals surface area contributed by atoms with Crippen LogP contribution in [0.2, 0.25) is 0 Å². The average molecular weight is 287 g/mol. The van der Waals surface area contributed by atoms with Crippen LogP contribution in [0.1, 0.15) is 32.6 Å². The van der Waals surface area contributed by atoms with Gasteiger partial charge in [0.1, 0.15) is 0 Å². The van der Waals surface area contributed by atoms with Crippen LogP contribution in [-0.2, 0) is 14.4 Å². The average Bonchev–Trinajstić information content (AvgIpc) is 2.66. The van der Waals surface area contributed by atoms with Crippen molar-refractivity contribution in [1.29, 1.82) is 0 Å². The van der Waals surface area contributed by atoms with Gasteiger partial charge in [-0.1, -0.05) is 6.42 Å². The molecule has 0 radical (unpaired) electrons. The zero-order chi connectivity index (χ0) is 14.4. The standard InChI is InChI=1S/C12H17NO5S/c1-7(14)13-11-8(12(17)18)6-19-9(11)4-2-3-5-10(15)16/h9H,2-6H2,1H3,(H,13,14)(H,15,16)(H,17,18). The molecule has 0 aliphatic carbocycles. The number of hydrogen-bond donors (Lipinski definition) is 3. The smallest absolute Gasteiger partial charge is 0.334 e. The van der Waals surface area contributed by atoms with Crippen molar-refractivity contribution in [2.24, 2.45) is 0 Å². The zero-order valence-electron chi connectivity index (χ0n) is 10.6. The molecule has 0 aromatic rings. The maximum absolute atomic E-state index is 11.1. The van der Waals surface area contributed by atoms with E-state index < -0.39 is 11.9 Å². The van der Waals surface area contributed by atoms with E-state index in [9.17, 15) is 14.4 Å². The van der Waals surface area contributed by atoms with Crippen molar-refractivity contribution >= 4 is 29.6 Å². The molecule has 1 aliphatic heterocycles. The lowest BCUT2D eigenvalue weighted by molar-refractivity contribution is -0.137. The third-order valence-electron chi connectivity index (χ3n) is 2.75. The van der Waals surface area contributed by atoms with Crippen LogP contribution in [0.3, 0.4) is 0 Å². The van der Waals surface area contributed by atoms with Crippen LogP contribution in [0.5, 0.6) is 0 Å². The first-order valence-electron chi connectivity index (χ1n) is 5.99. The van der Waals surface area contributed by atoms with Crippen LogP contribution >= 0.6 is 11.8 Å². The molecule has 3 N–H and O–H groups in total. The molecule has 1 amide bonds. The summed E-state index contributed by atoms with van der Waals surface area (Å²) in [6.45, 7) is 1.34. The number of carbonyl (C=O) groups is 3. The summed E-state index contributed by atoms with van der Waals surface area (Å²) in [5, 5.41) is 20.1. The molecule has 1 atom stereocenters. The van der Waals surface area contributed by atoms with Gasteiger partial charge < -0.3 is 15.5 Å². The number of rotatable bonds is 7. The number of hydrogen-bond acceptors (Lipinski definition) is 4. The second-order valence-corrected chi connectivity index (χ2v) is 5.51. The zero-order valence-corrected chi connectivity index (χ0v) is 11.5. The van der Waals surface area contributed by atoms with Crippen LogP contribution in [0.15, 0.2) is 11.3 Å². The number of carbonyl (C=O) groups excluding carboxylic acids is 1. The minimum Gasteiger partial charge on any atom is -0.481 e. The molecular formula is C12H17NO5S. The molecule has 0 spiro atoms. The van der Waals surface area contributed by atoms with Gasteiger partial charge in [-0.2, -0.15) is 0 Å². The summed E-state index contributed by atoms with van der Waals surface area (Å²) in [5.41, 5.74) is 0.712. The van der Waals surface area contributed by atoms with Gasteiger partial charge in [-0.25, -0.2) is 4.79 Å². The minimum absolute atomic E-state index is 0.0659. The van der Waals surface area contributed by atoms with E-state index in [1.807, 2.05) is 0 Å². The van der Waals surface area contributed by atoms with E-state index in [0.29, 0.717) is 30.7 Å². The normalized spacial score (nSPS) is 18.5. The molecule has 7 heteroatoms. The van der Waals surface area contributed by atoms with Crippen molar-refractivity contribution in [2.75, 3.05) is 5.75 Å². The molecule has 1 rings (SSSR count). The van der Waals surface area contributed by atoms with Crippen LogP contribution in [0, 0.1) is 0 Å². The predicted molar refractivity (Wildman–Crippen MR) is 70.8 cm³/mol. The Balaban J connectivity index is 2.60. The molecule has 19 heavy (non-hydrogen) atoms. The molecule has 0 saturated heterocycles. The third kappa shape index (κ3) is 4.94. The van der Waals surface area contributed by atoms with Crippen molar-refractivity contribution in [3.05, 3.63) is 11.3 Å². The van der Waals surface area contributed by atoms with Crippen molar-refractivity contribution in [1.82, 2.24) is 5.32 Å². The second-order valence-electron chi connectivity index (χ2n) is 4.32. The Kier molecular flexibility index (Phi) is 5.88. The van der Waals surface area contributed by atoms with E-state index >= 15 is 0 Å². The van der Waals surface area contributed by atoms with Gasteiger partial charge in [0, 0.05) is 30.0 Å². The van der Waals surface area contributed by atoms with Crippen molar-refractivity contribution in [2.45, 2.75) is 37.9 Å². The summed E-state index contributed by atoms with van der Waals surface area (Å²) in [7, 11) is 0. The van der Waals surface area contributed by atoms with E-state index in [2.05, 4.69) is 5.32 Å². The molecule has 6 nitrogen and oxygen atoms in total. The molecule has 0 bridgehead atoms. The highest BCUT2D eigenvalue weighted by atomic mass is 32.2. The highest BCUT2D eigenvalue weighted by Gasteiger charge is 2.30. The summed E-state index contributed by atoms with van der Waals surface area (Å²) in [5.74, 6) is -1.76. The Morgan fingerprint density at radius 1 is 1.32 bits per heavy atom. The van der Waals surface area contributed by atoms with Crippen molar-refractivity contribution in [3.8, 4) is 0 Å². The van der Waals surface area contributed by atoms with Gasteiger partial charge in [-0.15, -0.1) is 11.8 Å².